The Kier molecular flexibility index (Phi) is 3.44. The van der Waals surface area contributed by atoms with E-state index in [4.69, 9.17) is 15.3 Å². The maximum atomic E-state index is 10.6. The molecule has 0 rings (SSSR count). The second kappa shape index (κ2) is 4.10. The largest absolute Gasteiger partial charge is 0.515 e. The fraction of sp³-hybridized carbons (Fsp3) is 0. The van der Waals surface area contributed by atoms with Crippen molar-refractivity contribution < 1.29 is 24.9 Å². The van der Waals surface area contributed by atoms with E-state index < -0.39 is 17.3 Å². The Hall–Kier alpha value is -1.78. The van der Waals surface area contributed by atoms with Crippen LogP contribution in [0.4, 0.5) is 0 Å². The Morgan fingerprint density at radius 2 is 1.73 bits per heavy atom. The lowest BCUT2D eigenvalue weighted by atomic mass is 10.2. The molecule has 0 aromatic carbocycles. The van der Waals surface area contributed by atoms with Crippen LogP contribution in [0.1, 0.15) is 0 Å². The van der Waals surface area contributed by atoms with Crippen LogP contribution in [0.3, 0.4) is 0 Å². The van der Waals surface area contributed by atoms with Crippen LogP contribution in [0, 0.1) is 0 Å². The Labute approximate surface area is 61.9 Å². The summed E-state index contributed by atoms with van der Waals surface area (Å²) in [5.41, 5.74) is -0.796. The van der Waals surface area contributed by atoms with Crippen molar-refractivity contribution in [2.75, 3.05) is 0 Å². The number of ketones is 1. The summed E-state index contributed by atoms with van der Waals surface area (Å²) < 4.78 is 0. The zero-order valence-electron chi connectivity index (χ0n) is 5.39. The van der Waals surface area contributed by atoms with Gasteiger partial charge in [-0.25, -0.2) is 4.79 Å². The van der Waals surface area contributed by atoms with E-state index >= 15 is 0 Å². The number of aliphatic hydroxyl groups is 2. The molecule has 5 nitrogen and oxygen atoms in total. The van der Waals surface area contributed by atoms with Crippen LogP contribution >= 0.6 is 0 Å². The van der Waals surface area contributed by atoms with Gasteiger partial charge in [0.2, 0.25) is 0 Å². The number of carbonyl (C=O) groups is 2. The zero-order valence-corrected chi connectivity index (χ0v) is 5.39. The minimum Gasteiger partial charge on any atom is -0.515 e. The number of carboxylic acid groups (broad SMARTS) is 1. The van der Waals surface area contributed by atoms with Gasteiger partial charge in [-0.05, 0) is 0 Å². The van der Waals surface area contributed by atoms with E-state index in [0.29, 0.717) is 12.3 Å². The maximum Gasteiger partial charge on any atom is 0.342 e. The predicted molar refractivity (Wildman–Crippen MR) is 35.1 cm³/mol. The van der Waals surface area contributed by atoms with Crippen molar-refractivity contribution in [3.05, 3.63) is 24.2 Å². The fourth-order valence-corrected chi connectivity index (χ4v) is 0.382. The summed E-state index contributed by atoms with van der Waals surface area (Å²) in [6.07, 6.45) is 1.19. The van der Waals surface area contributed by atoms with Crippen molar-refractivity contribution in [1.82, 2.24) is 0 Å². The van der Waals surface area contributed by atoms with E-state index in [2.05, 4.69) is 0 Å². The highest BCUT2D eigenvalue weighted by molar-refractivity contribution is 6.20. The van der Waals surface area contributed by atoms with Crippen LogP contribution in [-0.4, -0.2) is 27.1 Å². The van der Waals surface area contributed by atoms with E-state index in [-0.39, 0.29) is 6.26 Å². The van der Waals surface area contributed by atoms with Gasteiger partial charge < -0.3 is 15.3 Å². The average molecular weight is 158 g/mol. The maximum absolute atomic E-state index is 10.6. The highest BCUT2D eigenvalue weighted by Gasteiger charge is 2.14. The first-order valence-electron chi connectivity index (χ1n) is 2.56. The summed E-state index contributed by atoms with van der Waals surface area (Å²) >= 11 is 0. The topological polar surface area (TPSA) is 94.8 Å². The van der Waals surface area contributed by atoms with Crippen LogP contribution in [-0.2, 0) is 9.59 Å². The standard InChI is InChI=1S/C6H6O5/c7-2-1-5(9)4(3-8)6(10)11/h1-3,7-8H,(H,10,11). The molecular formula is C6H6O5. The van der Waals surface area contributed by atoms with Crippen molar-refractivity contribution >= 4 is 11.8 Å². The molecule has 60 valence electrons. The third kappa shape index (κ3) is 2.53. The highest BCUT2D eigenvalue weighted by atomic mass is 16.4. The summed E-state index contributed by atoms with van der Waals surface area (Å²) in [5, 5.41) is 24.5. The van der Waals surface area contributed by atoms with Gasteiger partial charge in [-0.3, -0.25) is 4.79 Å². The summed E-state index contributed by atoms with van der Waals surface area (Å²) in [5.74, 6) is -2.52. The van der Waals surface area contributed by atoms with Crippen molar-refractivity contribution in [1.29, 1.82) is 0 Å². The quantitative estimate of drug-likeness (QED) is 0.235. The van der Waals surface area contributed by atoms with Gasteiger partial charge in [-0.1, -0.05) is 0 Å². The molecular weight excluding hydrogens is 152 g/mol. The third-order valence-electron chi connectivity index (χ3n) is 0.851. The second-order valence-electron chi connectivity index (χ2n) is 1.53. The molecule has 0 bridgehead atoms. The predicted octanol–water partition coefficient (Wildman–Crippen LogP) is 0.154. The van der Waals surface area contributed by atoms with Gasteiger partial charge in [0.05, 0.1) is 12.5 Å². The molecule has 5 heteroatoms. The molecule has 0 radical (unpaired) electrons. The second-order valence-corrected chi connectivity index (χ2v) is 1.53. The molecule has 0 amide bonds. The Morgan fingerprint density at radius 1 is 1.18 bits per heavy atom. The molecule has 0 atom stereocenters. The van der Waals surface area contributed by atoms with Gasteiger partial charge in [0.25, 0.3) is 0 Å². The lowest BCUT2D eigenvalue weighted by molar-refractivity contribution is -0.134. The van der Waals surface area contributed by atoms with Crippen LogP contribution in [0.25, 0.3) is 0 Å². The lowest BCUT2D eigenvalue weighted by Gasteiger charge is -1.91. The van der Waals surface area contributed by atoms with Gasteiger partial charge in [0.1, 0.15) is 5.57 Å². The van der Waals surface area contributed by atoms with Crippen molar-refractivity contribution in [3.63, 3.8) is 0 Å². The Balaban J connectivity index is 4.55. The van der Waals surface area contributed by atoms with Crippen LogP contribution < -0.4 is 0 Å². The number of aliphatic hydroxyl groups excluding tert-OH is 2. The van der Waals surface area contributed by atoms with E-state index in [0.717, 1.165) is 0 Å². The van der Waals surface area contributed by atoms with E-state index in [1.165, 1.54) is 0 Å². The Bertz CT molecular complexity index is 225. The van der Waals surface area contributed by atoms with Gasteiger partial charge >= 0.3 is 5.97 Å². The SMILES string of the molecule is O=C(O)C(=CO)C(=O)C=CO. The monoisotopic (exact) mass is 158 g/mol. The third-order valence-corrected chi connectivity index (χ3v) is 0.851. The van der Waals surface area contributed by atoms with Crippen LogP contribution in [0.2, 0.25) is 0 Å². The van der Waals surface area contributed by atoms with Gasteiger partial charge in [-0.2, -0.15) is 0 Å². The minimum atomic E-state index is -1.55. The lowest BCUT2D eigenvalue weighted by Crippen LogP contribution is -2.09. The molecule has 0 saturated heterocycles. The van der Waals surface area contributed by atoms with Crippen LogP contribution in [0.5, 0.6) is 0 Å². The average Bonchev–Trinajstić information content (AvgIpc) is 1.88. The van der Waals surface area contributed by atoms with Crippen molar-refractivity contribution in [3.8, 4) is 0 Å². The normalized spacial score (nSPS) is 11.8. The number of hydrogen-bond acceptors (Lipinski definition) is 4. The van der Waals surface area contributed by atoms with Crippen molar-refractivity contribution in [2.45, 2.75) is 0 Å². The first-order valence-corrected chi connectivity index (χ1v) is 2.56. The molecule has 0 heterocycles. The molecule has 0 aliphatic heterocycles. The number of rotatable bonds is 3. The number of carboxylic acids is 1. The molecule has 3 N–H and O–H groups in total. The first kappa shape index (κ1) is 9.22. The fourth-order valence-electron chi connectivity index (χ4n) is 0.382. The van der Waals surface area contributed by atoms with Crippen LogP contribution in [0.15, 0.2) is 24.2 Å². The molecule has 0 aliphatic carbocycles. The smallest absolute Gasteiger partial charge is 0.342 e. The van der Waals surface area contributed by atoms with E-state index in [1.807, 2.05) is 0 Å². The number of aliphatic carboxylic acids is 1. The molecule has 0 saturated carbocycles. The molecule has 0 unspecified atom stereocenters. The highest BCUT2D eigenvalue weighted by Crippen LogP contribution is 1.95. The first-order chi connectivity index (χ1) is 5.13. The van der Waals surface area contributed by atoms with Gasteiger partial charge in [-0.15, -0.1) is 0 Å². The number of carbonyl (C=O) groups excluding carboxylic acids is 1. The van der Waals surface area contributed by atoms with E-state index in [9.17, 15) is 9.59 Å². The van der Waals surface area contributed by atoms with Gasteiger partial charge in [0, 0.05) is 6.08 Å². The summed E-state index contributed by atoms with van der Waals surface area (Å²) in [7, 11) is 0. The summed E-state index contributed by atoms with van der Waals surface area (Å²) in [4.78, 5) is 20.6. The molecule has 0 fully saturated rings. The molecule has 0 spiro atoms. The molecule has 0 aromatic heterocycles. The number of hydrogen-bond donors (Lipinski definition) is 3. The number of allylic oxidation sites excluding steroid dienone is 1. The van der Waals surface area contributed by atoms with Gasteiger partial charge in [0.15, 0.2) is 5.78 Å². The van der Waals surface area contributed by atoms with Crippen molar-refractivity contribution in [2.24, 2.45) is 0 Å². The Morgan fingerprint density at radius 3 is 2.00 bits per heavy atom. The molecule has 0 aromatic rings. The molecule has 11 heavy (non-hydrogen) atoms. The van der Waals surface area contributed by atoms with E-state index in [1.54, 1.807) is 0 Å². The summed E-state index contributed by atoms with van der Waals surface area (Å²) in [6, 6.07) is 0. The minimum absolute atomic E-state index is 0.171. The zero-order chi connectivity index (χ0) is 8.85. The molecule has 0 aliphatic rings. The summed E-state index contributed by atoms with van der Waals surface area (Å²) in [6.45, 7) is 0.